The van der Waals surface area contributed by atoms with Crippen LogP contribution >= 0.6 is 0 Å². The average Bonchev–Trinajstić information content (AvgIpc) is 2.17. The van der Waals surface area contributed by atoms with Crippen molar-refractivity contribution in [2.45, 2.75) is 26.0 Å². The first kappa shape index (κ1) is 14.4. The number of aliphatic hydroxyl groups is 1. The molecule has 1 aromatic carbocycles. The molecule has 0 aliphatic heterocycles. The van der Waals surface area contributed by atoms with E-state index in [1.54, 1.807) is 19.9 Å². The van der Waals surface area contributed by atoms with Crippen LogP contribution in [0.1, 0.15) is 19.4 Å². The molecule has 0 aliphatic carbocycles. The van der Waals surface area contributed by atoms with Crippen molar-refractivity contribution in [3.05, 3.63) is 33.9 Å². The maximum atomic E-state index is 10.8. The SMILES string of the molecule is CN(Cc1ccc(N)c([N+](=O)[O-])c1)CC(C)(C)O. The first-order valence-electron chi connectivity index (χ1n) is 5.63. The van der Waals surface area contributed by atoms with Crippen LogP contribution in [0.2, 0.25) is 0 Å². The second kappa shape index (κ2) is 5.32. The van der Waals surface area contributed by atoms with Crippen LogP contribution in [0.15, 0.2) is 18.2 Å². The molecule has 3 N–H and O–H groups in total. The third-order valence-electron chi connectivity index (χ3n) is 2.40. The Morgan fingerprint density at radius 3 is 2.61 bits per heavy atom. The van der Waals surface area contributed by atoms with Gasteiger partial charge in [-0.05, 0) is 32.5 Å². The highest BCUT2D eigenvalue weighted by Crippen LogP contribution is 2.23. The summed E-state index contributed by atoms with van der Waals surface area (Å²) in [4.78, 5) is 12.2. The molecule has 100 valence electrons. The monoisotopic (exact) mass is 253 g/mol. The minimum atomic E-state index is -0.797. The lowest BCUT2D eigenvalue weighted by atomic mass is 10.1. The van der Waals surface area contributed by atoms with Crippen LogP contribution in [0.5, 0.6) is 0 Å². The Bertz CT molecular complexity index is 441. The van der Waals surface area contributed by atoms with Crippen molar-refractivity contribution < 1.29 is 10.0 Å². The van der Waals surface area contributed by atoms with E-state index in [0.29, 0.717) is 13.1 Å². The third kappa shape index (κ3) is 4.31. The molecule has 0 saturated heterocycles. The summed E-state index contributed by atoms with van der Waals surface area (Å²) in [6.07, 6.45) is 0. The predicted octanol–water partition coefficient (Wildman–Crippen LogP) is 1.38. The smallest absolute Gasteiger partial charge is 0.292 e. The molecule has 0 bridgehead atoms. The highest BCUT2D eigenvalue weighted by atomic mass is 16.6. The zero-order valence-electron chi connectivity index (χ0n) is 10.9. The van der Waals surface area contributed by atoms with Crippen LogP contribution in [0.3, 0.4) is 0 Å². The highest BCUT2D eigenvalue weighted by molar-refractivity contribution is 5.59. The van der Waals surface area contributed by atoms with Crippen molar-refractivity contribution in [3.63, 3.8) is 0 Å². The number of nitrogen functional groups attached to an aromatic ring is 1. The van der Waals surface area contributed by atoms with E-state index in [2.05, 4.69) is 0 Å². The number of nitrogens with zero attached hydrogens (tertiary/aromatic N) is 2. The molecule has 0 radical (unpaired) electrons. The summed E-state index contributed by atoms with van der Waals surface area (Å²) in [5, 5.41) is 20.4. The number of hydrogen-bond donors (Lipinski definition) is 2. The molecule has 0 heterocycles. The number of nitro benzene ring substituents is 1. The Labute approximate surface area is 106 Å². The molecule has 0 atom stereocenters. The summed E-state index contributed by atoms with van der Waals surface area (Å²) in [5.41, 5.74) is 5.61. The third-order valence-corrected chi connectivity index (χ3v) is 2.40. The number of nitro groups is 1. The van der Waals surface area contributed by atoms with Gasteiger partial charge in [-0.2, -0.15) is 0 Å². The lowest BCUT2D eigenvalue weighted by Crippen LogP contribution is -2.35. The van der Waals surface area contributed by atoms with Gasteiger partial charge in [-0.1, -0.05) is 6.07 Å². The number of likely N-dealkylation sites (N-methyl/N-ethyl adjacent to an activating group) is 1. The minimum Gasteiger partial charge on any atom is -0.393 e. The van der Waals surface area contributed by atoms with E-state index in [1.807, 2.05) is 11.9 Å². The molecule has 6 nitrogen and oxygen atoms in total. The topological polar surface area (TPSA) is 92.6 Å². The largest absolute Gasteiger partial charge is 0.393 e. The first-order valence-corrected chi connectivity index (χ1v) is 5.63. The normalized spacial score (nSPS) is 11.8. The fourth-order valence-corrected chi connectivity index (χ4v) is 1.87. The highest BCUT2D eigenvalue weighted by Gasteiger charge is 2.17. The van der Waals surface area contributed by atoms with E-state index in [0.717, 1.165) is 5.56 Å². The fraction of sp³-hybridized carbons (Fsp3) is 0.500. The Morgan fingerprint density at radius 1 is 1.50 bits per heavy atom. The number of anilines is 1. The molecule has 1 rings (SSSR count). The average molecular weight is 253 g/mol. The van der Waals surface area contributed by atoms with Crippen molar-refractivity contribution in [3.8, 4) is 0 Å². The summed E-state index contributed by atoms with van der Waals surface area (Å²) in [6, 6.07) is 4.75. The molecule has 0 amide bonds. The van der Waals surface area contributed by atoms with E-state index >= 15 is 0 Å². The fourth-order valence-electron chi connectivity index (χ4n) is 1.87. The summed E-state index contributed by atoms with van der Waals surface area (Å²) < 4.78 is 0. The molecular weight excluding hydrogens is 234 g/mol. The van der Waals surface area contributed by atoms with Crippen molar-refractivity contribution in [1.82, 2.24) is 4.90 Å². The van der Waals surface area contributed by atoms with Gasteiger partial charge >= 0.3 is 0 Å². The minimum absolute atomic E-state index is 0.0795. The maximum Gasteiger partial charge on any atom is 0.292 e. The van der Waals surface area contributed by atoms with Crippen LogP contribution in [0, 0.1) is 10.1 Å². The quantitative estimate of drug-likeness (QED) is 0.470. The molecule has 0 saturated carbocycles. The Hall–Kier alpha value is -1.66. The van der Waals surface area contributed by atoms with Crippen LogP contribution in [-0.2, 0) is 6.54 Å². The first-order chi connectivity index (χ1) is 8.19. The van der Waals surface area contributed by atoms with E-state index in [9.17, 15) is 15.2 Å². The molecular formula is C12H19N3O3. The summed E-state index contributed by atoms with van der Waals surface area (Å²) >= 11 is 0. The lowest BCUT2D eigenvalue weighted by molar-refractivity contribution is -0.384. The molecule has 0 spiro atoms. The van der Waals surface area contributed by atoms with Crippen molar-refractivity contribution in [2.75, 3.05) is 19.3 Å². The zero-order valence-corrected chi connectivity index (χ0v) is 10.9. The van der Waals surface area contributed by atoms with Crippen molar-refractivity contribution in [1.29, 1.82) is 0 Å². The molecule has 18 heavy (non-hydrogen) atoms. The van der Waals surface area contributed by atoms with E-state index in [-0.39, 0.29) is 11.4 Å². The van der Waals surface area contributed by atoms with Gasteiger partial charge in [0.05, 0.1) is 10.5 Å². The van der Waals surface area contributed by atoms with Crippen LogP contribution in [-0.4, -0.2) is 34.1 Å². The van der Waals surface area contributed by atoms with E-state index in [4.69, 9.17) is 5.73 Å². The summed E-state index contributed by atoms with van der Waals surface area (Å²) in [5.74, 6) is 0. The van der Waals surface area contributed by atoms with Crippen LogP contribution in [0.4, 0.5) is 11.4 Å². The molecule has 6 heteroatoms. The van der Waals surface area contributed by atoms with Crippen molar-refractivity contribution in [2.24, 2.45) is 0 Å². The van der Waals surface area contributed by atoms with Gasteiger partial charge in [0.25, 0.3) is 5.69 Å². The molecule has 0 unspecified atom stereocenters. The zero-order chi connectivity index (χ0) is 13.9. The summed E-state index contributed by atoms with van der Waals surface area (Å²) in [7, 11) is 1.85. The van der Waals surface area contributed by atoms with Crippen LogP contribution in [0.25, 0.3) is 0 Å². The maximum absolute atomic E-state index is 10.8. The van der Waals surface area contributed by atoms with Gasteiger partial charge in [-0.3, -0.25) is 15.0 Å². The molecule has 0 aromatic heterocycles. The molecule has 0 fully saturated rings. The van der Waals surface area contributed by atoms with Gasteiger partial charge in [0.1, 0.15) is 5.69 Å². The van der Waals surface area contributed by atoms with Gasteiger partial charge in [-0.15, -0.1) is 0 Å². The lowest BCUT2D eigenvalue weighted by Gasteiger charge is -2.25. The Balaban J connectivity index is 2.80. The van der Waals surface area contributed by atoms with Crippen LogP contribution < -0.4 is 5.73 Å². The number of rotatable bonds is 5. The van der Waals surface area contributed by atoms with E-state index < -0.39 is 10.5 Å². The van der Waals surface area contributed by atoms with Crippen molar-refractivity contribution >= 4 is 11.4 Å². The van der Waals surface area contributed by atoms with Gasteiger partial charge in [0.2, 0.25) is 0 Å². The standard InChI is InChI=1S/C12H19N3O3/c1-12(2,16)8-14(3)7-9-4-5-10(13)11(6-9)15(17)18/h4-6,16H,7-8,13H2,1-3H3. The molecule has 0 aliphatic rings. The molecule has 1 aromatic rings. The van der Waals surface area contributed by atoms with Gasteiger partial charge < -0.3 is 10.8 Å². The van der Waals surface area contributed by atoms with Gasteiger partial charge in [0, 0.05) is 19.2 Å². The van der Waals surface area contributed by atoms with Gasteiger partial charge in [0.15, 0.2) is 0 Å². The predicted molar refractivity (Wildman–Crippen MR) is 70.1 cm³/mol. The van der Waals surface area contributed by atoms with E-state index in [1.165, 1.54) is 12.1 Å². The number of nitrogens with two attached hydrogens (primary N) is 1. The summed E-state index contributed by atoms with van der Waals surface area (Å²) in [6.45, 7) is 4.43. The number of hydrogen-bond acceptors (Lipinski definition) is 5. The number of benzene rings is 1. The second-order valence-electron chi connectivity index (χ2n) is 5.14. The Kier molecular flexibility index (Phi) is 4.26. The second-order valence-corrected chi connectivity index (χ2v) is 5.14. The Morgan fingerprint density at radius 2 is 2.11 bits per heavy atom. The van der Waals surface area contributed by atoms with Gasteiger partial charge in [-0.25, -0.2) is 0 Å².